The third-order valence-electron chi connectivity index (χ3n) is 4.22. The van der Waals surface area contributed by atoms with Crippen LogP contribution in [0, 0.1) is 0 Å². The van der Waals surface area contributed by atoms with Crippen molar-refractivity contribution in [1.82, 2.24) is 15.6 Å². The van der Waals surface area contributed by atoms with Gasteiger partial charge in [-0.05, 0) is 35.7 Å². The minimum Gasteiger partial charge on any atom is -0.497 e. The number of carbonyl (C=O) groups is 1. The van der Waals surface area contributed by atoms with Crippen molar-refractivity contribution in [2.24, 2.45) is 0 Å². The van der Waals surface area contributed by atoms with Crippen molar-refractivity contribution in [3.8, 4) is 11.5 Å². The van der Waals surface area contributed by atoms with Gasteiger partial charge in [-0.25, -0.2) is 4.79 Å². The third-order valence-corrected chi connectivity index (χ3v) is 4.22. The highest BCUT2D eigenvalue weighted by atomic mass is 16.5. The zero-order chi connectivity index (χ0) is 18.4. The van der Waals surface area contributed by atoms with Crippen molar-refractivity contribution in [1.29, 1.82) is 0 Å². The number of nitrogens with one attached hydrogen (secondary N) is 3. The summed E-state index contributed by atoms with van der Waals surface area (Å²) < 4.78 is 10.5. The quantitative estimate of drug-likeness (QED) is 0.610. The molecule has 3 aromatic rings. The normalized spacial score (nSPS) is 10.5. The largest absolute Gasteiger partial charge is 0.497 e. The van der Waals surface area contributed by atoms with E-state index < -0.39 is 0 Å². The number of fused-ring (bicyclic) bond motifs is 1. The summed E-state index contributed by atoms with van der Waals surface area (Å²) in [4.78, 5) is 15.3. The van der Waals surface area contributed by atoms with E-state index in [-0.39, 0.29) is 6.03 Å². The summed E-state index contributed by atoms with van der Waals surface area (Å²) in [5, 5.41) is 6.93. The molecular weight excluding hydrogens is 330 g/mol. The number of benzene rings is 2. The zero-order valence-electron chi connectivity index (χ0n) is 15.0. The minimum atomic E-state index is -0.202. The first-order valence-electron chi connectivity index (χ1n) is 8.48. The summed E-state index contributed by atoms with van der Waals surface area (Å²) >= 11 is 0. The maximum absolute atomic E-state index is 12.0. The van der Waals surface area contributed by atoms with Gasteiger partial charge in [-0.15, -0.1) is 0 Å². The van der Waals surface area contributed by atoms with Crippen LogP contribution in [-0.2, 0) is 13.0 Å². The SMILES string of the molecule is COc1cc(CNC(=O)NCCc2c[nH]c3ccccc23)cc(OC)c1. The van der Waals surface area contributed by atoms with Crippen molar-refractivity contribution < 1.29 is 14.3 Å². The average molecular weight is 353 g/mol. The van der Waals surface area contributed by atoms with E-state index in [2.05, 4.69) is 21.7 Å². The Bertz CT molecular complexity index is 867. The van der Waals surface area contributed by atoms with Crippen LogP contribution >= 0.6 is 0 Å². The predicted molar refractivity (Wildman–Crippen MR) is 102 cm³/mol. The fourth-order valence-electron chi connectivity index (χ4n) is 2.86. The van der Waals surface area contributed by atoms with Crippen molar-refractivity contribution in [2.45, 2.75) is 13.0 Å². The summed E-state index contributed by atoms with van der Waals surface area (Å²) in [5.41, 5.74) is 3.21. The van der Waals surface area contributed by atoms with Crippen LogP contribution in [-0.4, -0.2) is 31.8 Å². The molecule has 0 radical (unpaired) electrons. The number of hydrogen-bond acceptors (Lipinski definition) is 3. The highest BCUT2D eigenvalue weighted by Crippen LogP contribution is 2.22. The van der Waals surface area contributed by atoms with Gasteiger partial charge in [0.1, 0.15) is 11.5 Å². The van der Waals surface area contributed by atoms with Gasteiger partial charge in [0.2, 0.25) is 0 Å². The number of methoxy groups -OCH3 is 2. The standard InChI is InChI=1S/C20H23N3O3/c1-25-16-9-14(10-17(11-16)26-2)12-23-20(24)21-8-7-15-13-22-19-6-4-3-5-18(15)19/h3-6,9-11,13,22H,7-8,12H2,1-2H3,(H2,21,23,24). The van der Waals surface area contributed by atoms with E-state index in [1.54, 1.807) is 20.3 Å². The number of H-pyrrole nitrogens is 1. The molecule has 0 aliphatic carbocycles. The van der Waals surface area contributed by atoms with Gasteiger partial charge in [0, 0.05) is 36.3 Å². The molecule has 2 amide bonds. The number of para-hydroxylation sites is 1. The lowest BCUT2D eigenvalue weighted by molar-refractivity contribution is 0.240. The van der Waals surface area contributed by atoms with E-state index >= 15 is 0 Å². The number of hydrogen-bond donors (Lipinski definition) is 3. The molecule has 0 saturated heterocycles. The van der Waals surface area contributed by atoms with Crippen molar-refractivity contribution >= 4 is 16.9 Å². The Morgan fingerprint density at radius 2 is 1.77 bits per heavy atom. The van der Waals surface area contributed by atoms with Gasteiger partial charge in [-0.2, -0.15) is 0 Å². The monoisotopic (exact) mass is 353 g/mol. The second-order valence-electron chi connectivity index (χ2n) is 5.94. The number of amides is 2. The Morgan fingerprint density at radius 1 is 1.04 bits per heavy atom. The van der Waals surface area contributed by atoms with Crippen molar-refractivity contribution in [3.63, 3.8) is 0 Å². The lowest BCUT2D eigenvalue weighted by atomic mass is 10.1. The van der Waals surface area contributed by atoms with Crippen molar-refractivity contribution in [3.05, 3.63) is 59.8 Å². The first-order chi connectivity index (χ1) is 12.7. The number of carbonyl (C=O) groups excluding carboxylic acids is 1. The van der Waals surface area contributed by atoms with Crippen LogP contribution in [0.1, 0.15) is 11.1 Å². The van der Waals surface area contributed by atoms with E-state index in [0.717, 1.165) is 17.5 Å². The number of urea groups is 1. The first-order valence-corrected chi connectivity index (χ1v) is 8.48. The molecule has 1 heterocycles. The molecule has 1 aromatic heterocycles. The Balaban J connectivity index is 1.49. The van der Waals surface area contributed by atoms with Crippen LogP contribution in [0.25, 0.3) is 10.9 Å². The van der Waals surface area contributed by atoms with Crippen LogP contribution in [0.2, 0.25) is 0 Å². The molecule has 0 aliphatic rings. The zero-order valence-corrected chi connectivity index (χ0v) is 15.0. The molecule has 0 bridgehead atoms. The van der Waals surface area contributed by atoms with E-state index in [0.29, 0.717) is 24.6 Å². The molecule has 0 aliphatic heterocycles. The fraction of sp³-hybridized carbons (Fsp3) is 0.250. The number of aromatic amines is 1. The smallest absolute Gasteiger partial charge is 0.315 e. The van der Waals surface area contributed by atoms with Gasteiger partial charge < -0.3 is 25.1 Å². The third kappa shape index (κ3) is 4.27. The molecule has 6 heteroatoms. The average Bonchev–Trinajstić information content (AvgIpc) is 3.09. The van der Waals surface area contributed by atoms with Gasteiger partial charge in [-0.3, -0.25) is 0 Å². The highest BCUT2D eigenvalue weighted by Gasteiger charge is 2.06. The number of ether oxygens (including phenoxy) is 2. The van der Waals surface area contributed by atoms with E-state index in [4.69, 9.17) is 9.47 Å². The molecular formula is C20H23N3O3. The van der Waals surface area contributed by atoms with Crippen LogP contribution in [0.5, 0.6) is 11.5 Å². The number of rotatable bonds is 7. The maximum atomic E-state index is 12.0. The van der Waals surface area contributed by atoms with Crippen LogP contribution in [0.3, 0.4) is 0 Å². The van der Waals surface area contributed by atoms with Crippen LogP contribution in [0.4, 0.5) is 4.79 Å². The second-order valence-corrected chi connectivity index (χ2v) is 5.94. The fourth-order valence-corrected chi connectivity index (χ4v) is 2.86. The topological polar surface area (TPSA) is 75.4 Å². The lowest BCUT2D eigenvalue weighted by Gasteiger charge is -2.10. The number of aromatic nitrogens is 1. The highest BCUT2D eigenvalue weighted by molar-refractivity contribution is 5.83. The minimum absolute atomic E-state index is 0.202. The summed E-state index contributed by atoms with van der Waals surface area (Å²) in [6.45, 7) is 0.960. The molecule has 0 unspecified atom stereocenters. The second kappa shape index (κ2) is 8.29. The molecule has 0 saturated carbocycles. The first kappa shape index (κ1) is 17.7. The lowest BCUT2D eigenvalue weighted by Crippen LogP contribution is -2.36. The Hall–Kier alpha value is -3.15. The predicted octanol–water partition coefficient (Wildman–Crippen LogP) is 3.23. The Kier molecular flexibility index (Phi) is 5.63. The van der Waals surface area contributed by atoms with E-state index in [1.807, 2.05) is 36.5 Å². The van der Waals surface area contributed by atoms with Gasteiger partial charge in [0.05, 0.1) is 14.2 Å². The summed E-state index contributed by atoms with van der Waals surface area (Å²) in [7, 11) is 3.20. The molecule has 6 nitrogen and oxygen atoms in total. The molecule has 26 heavy (non-hydrogen) atoms. The van der Waals surface area contributed by atoms with Gasteiger partial charge in [0.25, 0.3) is 0 Å². The van der Waals surface area contributed by atoms with Crippen LogP contribution < -0.4 is 20.1 Å². The molecule has 0 fully saturated rings. The molecule has 0 spiro atoms. The van der Waals surface area contributed by atoms with E-state index in [1.165, 1.54) is 10.9 Å². The van der Waals surface area contributed by atoms with Gasteiger partial charge in [-0.1, -0.05) is 18.2 Å². The Morgan fingerprint density at radius 3 is 2.50 bits per heavy atom. The molecule has 3 rings (SSSR count). The van der Waals surface area contributed by atoms with Gasteiger partial charge in [0.15, 0.2) is 0 Å². The molecule has 3 N–H and O–H groups in total. The Labute approximate surface area is 152 Å². The summed E-state index contributed by atoms with van der Waals surface area (Å²) in [5.74, 6) is 1.39. The summed E-state index contributed by atoms with van der Waals surface area (Å²) in [6, 6.07) is 13.5. The molecule has 2 aromatic carbocycles. The maximum Gasteiger partial charge on any atom is 0.315 e. The van der Waals surface area contributed by atoms with Crippen LogP contribution in [0.15, 0.2) is 48.7 Å². The van der Waals surface area contributed by atoms with Gasteiger partial charge >= 0.3 is 6.03 Å². The summed E-state index contributed by atoms with van der Waals surface area (Å²) in [6.07, 6.45) is 2.76. The molecule has 136 valence electrons. The molecule has 0 atom stereocenters. The van der Waals surface area contributed by atoms with Crippen molar-refractivity contribution in [2.75, 3.05) is 20.8 Å². The van der Waals surface area contributed by atoms with E-state index in [9.17, 15) is 4.79 Å².